The van der Waals surface area contributed by atoms with Crippen LogP contribution >= 0.6 is 39.1 Å². The molecule has 0 bridgehead atoms. The Hall–Kier alpha value is -3.24. The maximum atomic E-state index is 13.6. The van der Waals surface area contributed by atoms with Crippen LogP contribution in [0.1, 0.15) is 47.4 Å². The van der Waals surface area contributed by atoms with Gasteiger partial charge in [-0.3, -0.25) is 9.69 Å². The molecule has 3 aromatic rings. The smallest absolute Gasteiger partial charge is 0.161 e. The predicted molar refractivity (Wildman–Crippen MR) is 159 cm³/mol. The normalized spacial score (nSPS) is 17.3. The van der Waals surface area contributed by atoms with Crippen LogP contribution in [0.4, 0.5) is 5.69 Å². The van der Waals surface area contributed by atoms with Crippen molar-refractivity contribution in [2.75, 3.05) is 4.90 Å². The SMILES string of the molecule is Cc1cc(COc2ccccc2Br)c(C)c(C2C(C#N)=C(N)N(c3ccc(Cl)cc3Cl)C3=C2C(=O)CCC3)c1. The Morgan fingerprint density at radius 1 is 1.13 bits per heavy atom. The highest BCUT2D eigenvalue weighted by molar-refractivity contribution is 9.10. The van der Waals surface area contributed by atoms with Crippen LogP contribution in [0.15, 0.2) is 81.7 Å². The number of halogens is 3. The van der Waals surface area contributed by atoms with E-state index in [4.69, 9.17) is 33.7 Å². The average Bonchev–Trinajstić information content (AvgIpc) is 2.90. The van der Waals surface area contributed by atoms with Crippen molar-refractivity contribution in [1.29, 1.82) is 5.26 Å². The molecule has 5 rings (SSSR count). The fraction of sp³-hybridized carbons (Fsp3) is 0.226. The second kappa shape index (κ2) is 11.1. The fourth-order valence-corrected chi connectivity index (χ4v) is 6.36. The van der Waals surface area contributed by atoms with E-state index >= 15 is 0 Å². The summed E-state index contributed by atoms with van der Waals surface area (Å²) in [5.41, 5.74) is 12.9. The summed E-state index contributed by atoms with van der Waals surface area (Å²) in [7, 11) is 0. The quantitative estimate of drug-likeness (QED) is 0.310. The molecule has 5 nitrogen and oxygen atoms in total. The summed E-state index contributed by atoms with van der Waals surface area (Å²) in [4.78, 5) is 15.4. The molecule has 0 fully saturated rings. The molecular formula is C31H26BrCl2N3O2. The van der Waals surface area contributed by atoms with Gasteiger partial charge < -0.3 is 10.5 Å². The van der Waals surface area contributed by atoms with Crippen LogP contribution in [0.25, 0.3) is 0 Å². The standard InChI is InChI=1S/C31H26BrCl2N3O2/c1-17-12-19(16-39-28-9-4-3-6-23(28)32)18(2)21(13-17)29-22(15-35)31(36)37(25-11-10-20(33)14-24(25)34)26-7-5-8-27(38)30(26)29/h3-4,6,9-14,29H,5,7-8,16,36H2,1-2H3. The van der Waals surface area contributed by atoms with Gasteiger partial charge in [-0.1, -0.05) is 53.0 Å². The Morgan fingerprint density at radius 2 is 1.90 bits per heavy atom. The van der Waals surface area contributed by atoms with Crippen LogP contribution < -0.4 is 15.4 Å². The number of hydrogen-bond donors (Lipinski definition) is 1. The predicted octanol–water partition coefficient (Wildman–Crippen LogP) is 8.26. The number of nitriles is 1. The Balaban J connectivity index is 1.66. The van der Waals surface area contributed by atoms with Gasteiger partial charge in [0.2, 0.25) is 0 Å². The highest BCUT2D eigenvalue weighted by Gasteiger charge is 2.41. The Kier molecular flexibility index (Phi) is 7.77. The monoisotopic (exact) mass is 621 g/mol. The molecular weight excluding hydrogens is 597 g/mol. The van der Waals surface area contributed by atoms with Crippen LogP contribution in [-0.2, 0) is 11.4 Å². The minimum Gasteiger partial charge on any atom is -0.488 e. The molecule has 1 aliphatic carbocycles. The summed E-state index contributed by atoms with van der Waals surface area (Å²) >= 11 is 16.3. The van der Waals surface area contributed by atoms with Crippen LogP contribution in [0.2, 0.25) is 10.0 Å². The van der Waals surface area contributed by atoms with Crippen LogP contribution in [-0.4, -0.2) is 5.78 Å². The summed E-state index contributed by atoms with van der Waals surface area (Å²) in [6, 6.07) is 19.3. The van der Waals surface area contributed by atoms with Crippen molar-refractivity contribution in [3.05, 3.63) is 114 Å². The first kappa shape index (κ1) is 27.3. The number of nitrogens with two attached hydrogens (primary N) is 1. The molecule has 0 aromatic heterocycles. The number of Topliss-reactive ketones (excluding diaryl/α,β-unsaturated/α-hetero) is 1. The first-order chi connectivity index (χ1) is 18.7. The first-order valence-electron chi connectivity index (χ1n) is 12.6. The van der Waals surface area contributed by atoms with E-state index in [0.717, 1.165) is 38.2 Å². The number of anilines is 1. The topological polar surface area (TPSA) is 79.3 Å². The van der Waals surface area contributed by atoms with Crippen LogP contribution in [0.3, 0.4) is 0 Å². The van der Waals surface area contributed by atoms with E-state index < -0.39 is 5.92 Å². The summed E-state index contributed by atoms with van der Waals surface area (Å²) < 4.78 is 7.01. The molecule has 1 aliphatic heterocycles. The zero-order chi connectivity index (χ0) is 27.8. The van der Waals surface area contributed by atoms with Gasteiger partial charge >= 0.3 is 0 Å². The van der Waals surface area contributed by atoms with E-state index in [1.165, 1.54) is 0 Å². The van der Waals surface area contributed by atoms with Gasteiger partial charge in [-0.2, -0.15) is 5.26 Å². The molecule has 0 saturated heterocycles. The van der Waals surface area contributed by atoms with E-state index in [0.29, 0.717) is 52.7 Å². The number of benzene rings is 3. The number of rotatable bonds is 5. The maximum absolute atomic E-state index is 13.6. The van der Waals surface area contributed by atoms with E-state index in [1.54, 1.807) is 23.1 Å². The van der Waals surface area contributed by atoms with Crippen molar-refractivity contribution in [3.8, 4) is 11.8 Å². The van der Waals surface area contributed by atoms with Gasteiger partial charge in [-0.15, -0.1) is 0 Å². The molecule has 2 N–H and O–H groups in total. The van der Waals surface area contributed by atoms with Crippen LogP contribution in [0, 0.1) is 25.2 Å². The molecule has 1 atom stereocenters. The Bertz CT molecular complexity index is 1610. The van der Waals surface area contributed by atoms with Gasteiger partial charge in [0.05, 0.1) is 32.7 Å². The molecule has 0 amide bonds. The van der Waals surface area contributed by atoms with Gasteiger partial charge in [-0.25, -0.2) is 0 Å². The third kappa shape index (κ3) is 5.07. The fourth-order valence-electron chi connectivity index (χ4n) is 5.47. The van der Waals surface area contributed by atoms with E-state index in [1.807, 2.05) is 44.2 Å². The number of hydrogen-bond acceptors (Lipinski definition) is 5. The summed E-state index contributed by atoms with van der Waals surface area (Å²) in [6.07, 6.45) is 1.75. The van der Waals surface area contributed by atoms with E-state index in [9.17, 15) is 10.1 Å². The summed E-state index contributed by atoms with van der Waals surface area (Å²) in [6.45, 7) is 4.35. The Morgan fingerprint density at radius 3 is 2.62 bits per heavy atom. The van der Waals surface area contributed by atoms with E-state index in [-0.39, 0.29) is 11.6 Å². The zero-order valence-corrected chi connectivity index (χ0v) is 24.6. The van der Waals surface area contributed by atoms with Gasteiger partial charge in [0.15, 0.2) is 5.78 Å². The Labute approximate surface area is 246 Å². The summed E-state index contributed by atoms with van der Waals surface area (Å²) in [5, 5.41) is 11.3. The van der Waals surface area contributed by atoms with Gasteiger partial charge in [-0.05, 0) is 89.6 Å². The van der Waals surface area contributed by atoms with Crippen molar-refractivity contribution in [3.63, 3.8) is 0 Å². The lowest BCUT2D eigenvalue weighted by Crippen LogP contribution is -2.39. The molecule has 0 radical (unpaired) electrons. The minimum atomic E-state index is -0.581. The number of carbonyl (C=O) groups is 1. The number of nitrogens with zero attached hydrogens (tertiary/aromatic N) is 2. The largest absolute Gasteiger partial charge is 0.488 e. The highest BCUT2D eigenvalue weighted by Crippen LogP contribution is 2.48. The van der Waals surface area contributed by atoms with Crippen molar-refractivity contribution in [2.45, 2.75) is 45.6 Å². The number of allylic oxidation sites excluding steroid dienone is 3. The second-order valence-corrected chi connectivity index (χ2v) is 11.5. The number of ether oxygens (including phenoxy) is 1. The van der Waals surface area contributed by atoms with Crippen molar-refractivity contribution in [2.24, 2.45) is 5.73 Å². The molecule has 0 saturated carbocycles. The summed E-state index contributed by atoms with van der Waals surface area (Å²) in [5.74, 6) is 0.445. The highest BCUT2D eigenvalue weighted by atomic mass is 79.9. The lowest BCUT2D eigenvalue weighted by molar-refractivity contribution is -0.116. The molecule has 8 heteroatoms. The van der Waals surface area contributed by atoms with Gasteiger partial charge in [0.1, 0.15) is 18.2 Å². The van der Waals surface area contributed by atoms with Gasteiger partial charge in [0.25, 0.3) is 0 Å². The maximum Gasteiger partial charge on any atom is 0.161 e. The van der Waals surface area contributed by atoms with Crippen molar-refractivity contribution < 1.29 is 9.53 Å². The van der Waals surface area contributed by atoms with Crippen molar-refractivity contribution in [1.82, 2.24) is 0 Å². The first-order valence-corrected chi connectivity index (χ1v) is 14.1. The lowest BCUT2D eigenvalue weighted by Gasteiger charge is -2.40. The average molecular weight is 623 g/mol. The third-order valence-electron chi connectivity index (χ3n) is 7.29. The molecule has 2 aliphatic rings. The third-order valence-corrected chi connectivity index (χ3v) is 8.49. The van der Waals surface area contributed by atoms with Crippen molar-refractivity contribution >= 4 is 50.6 Å². The molecule has 1 heterocycles. The van der Waals surface area contributed by atoms with E-state index in [2.05, 4.69) is 28.1 Å². The molecule has 3 aromatic carbocycles. The zero-order valence-electron chi connectivity index (χ0n) is 21.5. The van der Waals surface area contributed by atoms with Crippen LogP contribution in [0.5, 0.6) is 5.75 Å². The number of carbonyl (C=O) groups excluding carboxylic acids is 1. The number of aryl methyl sites for hydroxylation is 1. The van der Waals surface area contributed by atoms with Gasteiger partial charge in [0, 0.05) is 22.7 Å². The minimum absolute atomic E-state index is 0.0171. The molecule has 198 valence electrons. The molecule has 1 unspecified atom stereocenters. The number of para-hydroxylation sites is 1. The lowest BCUT2D eigenvalue weighted by atomic mass is 9.73. The number of ketones is 1. The molecule has 39 heavy (non-hydrogen) atoms. The second-order valence-electron chi connectivity index (χ2n) is 9.77. The molecule has 0 spiro atoms.